The van der Waals surface area contributed by atoms with Gasteiger partial charge in [0, 0.05) is 0 Å². The fourth-order valence-electron chi connectivity index (χ4n) is 1.97. The van der Waals surface area contributed by atoms with Crippen LogP contribution in [0.3, 0.4) is 0 Å². The van der Waals surface area contributed by atoms with Crippen LogP contribution in [0.5, 0.6) is 0 Å². The molecule has 0 aromatic rings. The SMILES string of the molecule is CC(C)C(C(=O)O)N(C(=O)OC(C)(C)C)S(=O)(=O)C(F)(F)C(F)(F)C(F)(F)C(F)(F)F. The van der Waals surface area contributed by atoms with Gasteiger partial charge >= 0.3 is 45.4 Å². The molecule has 1 N–H and O–H groups in total. The summed E-state index contributed by atoms with van der Waals surface area (Å²) in [4.78, 5) is 23.5. The van der Waals surface area contributed by atoms with Crippen molar-refractivity contribution in [3.63, 3.8) is 0 Å². The van der Waals surface area contributed by atoms with Gasteiger partial charge in [-0.05, 0) is 26.7 Å². The van der Waals surface area contributed by atoms with Crippen molar-refractivity contribution in [2.45, 2.75) is 69.5 Å². The van der Waals surface area contributed by atoms with E-state index in [4.69, 9.17) is 5.11 Å². The topological polar surface area (TPSA) is 101 Å². The first-order valence-electron chi connectivity index (χ1n) is 7.97. The molecule has 1 amide bonds. The second-order valence-corrected chi connectivity index (χ2v) is 9.33. The lowest BCUT2D eigenvalue weighted by Crippen LogP contribution is -2.67. The van der Waals surface area contributed by atoms with Gasteiger partial charge in [-0.2, -0.15) is 52.2 Å². The predicted molar refractivity (Wildman–Crippen MR) is 84.2 cm³/mol. The van der Waals surface area contributed by atoms with Crippen LogP contribution in [0.1, 0.15) is 34.6 Å². The first kappa shape index (κ1) is 29.1. The molecule has 0 aromatic carbocycles. The summed E-state index contributed by atoms with van der Waals surface area (Å²) in [5, 5.41) is 1.80. The summed E-state index contributed by atoms with van der Waals surface area (Å²) < 4.78 is 146. The molecular formula is C14H18F9NO6S. The summed E-state index contributed by atoms with van der Waals surface area (Å²) in [5.74, 6) is -19.3. The summed E-state index contributed by atoms with van der Waals surface area (Å²) in [7, 11) is -7.55. The van der Waals surface area contributed by atoms with E-state index >= 15 is 0 Å². The van der Waals surface area contributed by atoms with E-state index in [2.05, 4.69) is 4.74 Å². The van der Waals surface area contributed by atoms with E-state index in [1.54, 1.807) is 0 Å². The fourth-order valence-corrected chi connectivity index (χ4v) is 3.54. The Hall–Kier alpha value is -1.94. The third-order valence-electron chi connectivity index (χ3n) is 3.41. The molecule has 7 nitrogen and oxygen atoms in total. The summed E-state index contributed by atoms with van der Waals surface area (Å²) in [6.07, 6.45) is -9.85. The van der Waals surface area contributed by atoms with Gasteiger partial charge in [-0.3, -0.25) is 0 Å². The average Bonchev–Trinajstić information content (AvgIpc) is 2.47. The number of hydrogen-bond acceptors (Lipinski definition) is 5. The maximum Gasteiger partial charge on any atom is 0.460 e. The number of amides is 1. The molecule has 0 fully saturated rings. The Labute approximate surface area is 170 Å². The number of aliphatic carboxylic acids is 1. The molecular weight excluding hydrogens is 481 g/mol. The van der Waals surface area contributed by atoms with Gasteiger partial charge in [0.2, 0.25) is 0 Å². The van der Waals surface area contributed by atoms with Crippen molar-refractivity contribution in [1.29, 1.82) is 0 Å². The molecule has 0 saturated heterocycles. The third-order valence-corrected chi connectivity index (χ3v) is 5.21. The van der Waals surface area contributed by atoms with Crippen LogP contribution < -0.4 is 0 Å². The highest BCUT2D eigenvalue weighted by Crippen LogP contribution is 2.55. The molecule has 1 unspecified atom stereocenters. The van der Waals surface area contributed by atoms with Crippen LogP contribution in [-0.2, 0) is 19.6 Å². The first-order valence-corrected chi connectivity index (χ1v) is 9.41. The maximum absolute atomic E-state index is 14.2. The molecule has 0 bridgehead atoms. The number of rotatable bonds is 7. The highest BCUT2D eigenvalue weighted by molar-refractivity contribution is 7.90. The summed E-state index contributed by atoms with van der Waals surface area (Å²) in [6, 6.07) is -2.93. The number of carbonyl (C=O) groups is 2. The number of carbonyl (C=O) groups excluding carboxylic acids is 1. The molecule has 0 saturated carbocycles. The molecule has 0 aliphatic heterocycles. The summed E-state index contributed by atoms with van der Waals surface area (Å²) in [6.45, 7) is 4.64. The molecule has 0 aliphatic rings. The Morgan fingerprint density at radius 1 is 0.871 bits per heavy atom. The Bertz CT molecular complexity index is 802. The van der Waals surface area contributed by atoms with Crippen molar-refractivity contribution in [2.75, 3.05) is 0 Å². The number of carboxylic acids is 1. The zero-order valence-electron chi connectivity index (χ0n) is 16.4. The molecule has 0 rings (SSSR count). The van der Waals surface area contributed by atoms with Gasteiger partial charge in [-0.1, -0.05) is 13.8 Å². The number of sulfonamides is 1. The third kappa shape index (κ3) is 5.11. The van der Waals surface area contributed by atoms with Gasteiger partial charge in [0.1, 0.15) is 5.60 Å². The second kappa shape index (κ2) is 8.20. The lowest BCUT2D eigenvalue weighted by molar-refractivity contribution is -0.382. The van der Waals surface area contributed by atoms with E-state index in [1.807, 2.05) is 0 Å². The first-order chi connectivity index (χ1) is 13.3. The van der Waals surface area contributed by atoms with Crippen molar-refractivity contribution in [3.8, 4) is 0 Å². The van der Waals surface area contributed by atoms with Crippen molar-refractivity contribution in [2.24, 2.45) is 5.92 Å². The lowest BCUT2D eigenvalue weighted by Gasteiger charge is -2.38. The molecule has 0 spiro atoms. The standard InChI is InChI=1S/C14H18F9NO6S/c1-6(2)7(8(25)26)24(9(27)30-10(3,4)5)31(28,29)14(22,23)12(17,18)11(15,16)13(19,20)21/h6-7H,1-5H3,(H,25,26). The number of halogens is 9. The van der Waals surface area contributed by atoms with Crippen LogP contribution in [0.2, 0.25) is 0 Å². The van der Waals surface area contributed by atoms with Crippen LogP contribution in [0.15, 0.2) is 0 Å². The highest BCUT2D eigenvalue weighted by atomic mass is 32.2. The molecule has 0 aromatic heterocycles. The Balaban J connectivity index is 7.02. The minimum atomic E-state index is -7.66. The minimum Gasteiger partial charge on any atom is -0.480 e. The van der Waals surface area contributed by atoms with Gasteiger partial charge in [-0.15, -0.1) is 0 Å². The summed E-state index contributed by atoms with van der Waals surface area (Å²) >= 11 is 0. The lowest BCUT2D eigenvalue weighted by atomic mass is 10.1. The van der Waals surface area contributed by atoms with E-state index in [9.17, 15) is 57.5 Å². The minimum absolute atomic E-state index is 0.812. The molecule has 0 aliphatic carbocycles. The van der Waals surface area contributed by atoms with Gasteiger partial charge in [-0.25, -0.2) is 9.59 Å². The van der Waals surface area contributed by atoms with Crippen molar-refractivity contribution < 1.29 is 67.4 Å². The van der Waals surface area contributed by atoms with Gasteiger partial charge < -0.3 is 9.84 Å². The van der Waals surface area contributed by atoms with Crippen LogP contribution in [0.4, 0.5) is 44.3 Å². The van der Waals surface area contributed by atoms with Gasteiger partial charge in [0.05, 0.1) is 0 Å². The second-order valence-electron chi connectivity index (χ2n) is 7.47. The molecule has 0 radical (unpaired) electrons. The zero-order chi connectivity index (χ0) is 25.6. The van der Waals surface area contributed by atoms with Crippen LogP contribution in [0.25, 0.3) is 0 Å². The molecule has 31 heavy (non-hydrogen) atoms. The molecule has 17 heteroatoms. The number of hydrogen-bond donors (Lipinski definition) is 1. The average molecular weight is 499 g/mol. The number of alkyl halides is 9. The van der Waals surface area contributed by atoms with Crippen molar-refractivity contribution in [3.05, 3.63) is 0 Å². The predicted octanol–water partition coefficient (Wildman–Crippen LogP) is 4.09. The number of ether oxygens (including phenoxy) is 1. The van der Waals surface area contributed by atoms with E-state index < -0.39 is 67.2 Å². The number of carboxylic acid groups (broad SMARTS) is 1. The molecule has 0 heterocycles. The Morgan fingerprint density at radius 2 is 1.26 bits per heavy atom. The smallest absolute Gasteiger partial charge is 0.460 e. The normalized spacial score (nSPS) is 15.6. The van der Waals surface area contributed by atoms with E-state index in [1.165, 1.54) is 0 Å². The molecule has 184 valence electrons. The largest absolute Gasteiger partial charge is 0.480 e. The van der Waals surface area contributed by atoms with Crippen LogP contribution >= 0.6 is 0 Å². The van der Waals surface area contributed by atoms with Gasteiger partial charge in [0.15, 0.2) is 6.04 Å². The van der Waals surface area contributed by atoms with Crippen molar-refractivity contribution in [1.82, 2.24) is 4.31 Å². The number of nitrogens with zero attached hydrogens (tertiary/aromatic N) is 1. The zero-order valence-corrected chi connectivity index (χ0v) is 17.2. The molecule has 1 atom stereocenters. The monoisotopic (exact) mass is 499 g/mol. The van der Waals surface area contributed by atoms with E-state index in [0.29, 0.717) is 0 Å². The highest BCUT2D eigenvalue weighted by Gasteiger charge is 2.86. The van der Waals surface area contributed by atoms with E-state index in [0.717, 1.165) is 34.6 Å². The van der Waals surface area contributed by atoms with Crippen molar-refractivity contribution >= 4 is 22.1 Å². The fraction of sp³-hybridized carbons (Fsp3) is 0.857. The Morgan fingerprint density at radius 3 is 1.52 bits per heavy atom. The van der Waals surface area contributed by atoms with Crippen LogP contribution in [0, 0.1) is 5.92 Å². The van der Waals surface area contributed by atoms with Crippen LogP contribution in [-0.4, -0.2) is 64.8 Å². The summed E-state index contributed by atoms with van der Waals surface area (Å²) in [5.41, 5.74) is -1.75. The van der Waals surface area contributed by atoms with E-state index in [-0.39, 0.29) is 0 Å². The quantitative estimate of drug-likeness (QED) is 0.530. The maximum atomic E-state index is 14.2. The van der Waals surface area contributed by atoms with Gasteiger partial charge in [0.25, 0.3) is 0 Å². The Kier molecular flexibility index (Phi) is 7.69.